The first-order valence-corrected chi connectivity index (χ1v) is 14.5. The summed E-state index contributed by atoms with van der Waals surface area (Å²) in [6.07, 6.45) is 1.33. The van der Waals surface area contributed by atoms with Crippen LogP contribution in [0.2, 0.25) is 0 Å². The zero-order chi connectivity index (χ0) is 30.4. The van der Waals surface area contributed by atoms with E-state index in [1.807, 2.05) is 31.2 Å². The maximum absolute atomic E-state index is 13.6. The number of pyridine rings is 1. The number of aromatic nitrogens is 2. The van der Waals surface area contributed by atoms with Gasteiger partial charge in [0, 0.05) is 74.4 Å². The van der Waals surface area contributed by atoms with Crippen LogP contribution in [0.4, 0.5) is 8.78 Å². The first-order valence-electron chi connectivity index (χ1n) is 15.2. The topological polar surface area (TPSA) is 78.9 Å². The molecule has 39 heavy (non-hydrogen) atoms. The van der Waals surface area contributed by atoms with Gasteiger partial charge in [0.05, 0.1) is 5.56 Å². The molecule has 0 bridgehead atoms. The standard InChI is InChI=1S/C30H38F2N4O2S/c1-17-13-26(39-4)24(28(37)34-17)16-33-29(38)27-19(3)36(25-8-6-5-7-23(25)27)18(2)20-9-11-21(12-10-20)35-22-14-30(31,32)15-22/h5-8,13,18,20-22,35H,9-12,14-16H2,1-4H3,(H,33,38)(H,34,37)/i4D3. The second kappa shape index (κ2) is 11.1. The van der Waals surface area contributed by atoms with Crippen molar-refractivity contribution in [1.82, 2.24) is 20.2 Å². The van der Waals surface area contributed by atoms with Crippen molar-refractivity contribution in [1.29, 1.82) is 0 Å². The quantitative estimate of drug-likeness (QED) is 0.291. The van der Waals surface area contributed by atoms with Crippen molar-refractivity contribution in [2.75, 3.05) is 6.18 Å². The van der Waals surface area contributed by atoms with Gasteiger partial charge in [-0.3, -0.25) is 9.59 Å². The number of nitrogens with one attached hydrogen (secondary N) is 3. The number of alkyl halides is 2. The smallest absolute Gasteiger partial charge is 0.254 e. The number of aromatic amines is 1. The van der Waals surface area contributed by atoms with E-state index in [0.29, 0.717) is 33.8 Å². The summed E-state index contributed by atoms with van der Waals surface area (Å²) >= 11 is 0.627. The van der Waals surface area contributed by atoms with E-state index < -0.39 is 17.7 Å². The molecule has 210 valence electrons. The average Bonchev–Trinajstić information content (AvgIpc) is 3.17. The molecule has 2 heterocycles. The molecule has 1 aromatic carbocycles. The Balaban J connectivity index is 1.33. The molecule has 0 aliphatic heterocycles. The van der Waals surface area contributed by atoms with Gasteiger partial charge >= 0.3 is 0 Å². The third-order valence-corrected chi connectivity index (χ3v) is 9.16. The molecule has 1 atom stereocenters. The predicted molar refractivity (Wildman–Crippen MR) is 153 cm³/mol. The number of fused-ring (bicyclic) bond motifs is 1. The molecular weight excluding hydrogens is 518 g/mol. The van der Waals surface area contributed by atoms with E-state index in [1.54, 1.807) is 13.0 Å². The number of aryl methyl sites for hydroxylation is 1. The van der Waals surface area contributed by atoms with Crippen LogP contribution in [-0.2, 0) is 6.54 Å². The van der Waals surface area contributed by atoms with Gasteiger partial charge in [-0.05, 0) is 70.7 Å². The lowest BCUT2D eigenvalue weighted by molar-refractivity contribution is -0.0957. The van der Waals surface area contributed by atoms with Crippen LogP contribution < -0.4 is 16.2 Å². The van der Waals surface area contributed by atoms with E-state index in [0.717, 1.165) is 42.3 Å². The molecule has 0 radical (unpaired) electrons. The minimum Gasteiger partial charge on any atom is -0.348 e. The molecule has 2 aliphatic carbocycles. The maximum Gasteiger partial charge on any atom is 0.254 e. The van der Waals surface area contributed by atoms with Crippen molar-refractivity contribution in [3.63, 3.8) is 0 Å². The predicted octanol–water partition coefficient (Wildman–Crippen LogP) is 6.11. The summed E-state index contributed by atoms with van der Waals surface area (Å²) in [7, 11) is 0. The summed E-state index contributed by atoms with van der Waals surface area (Å²) < 4.78 is 51.6. The number of carbonyl (C=O) groups excluding carboxylic acids is 1. The molecule has 2 fully saturated rings. The Labute approximate surface area is 236 Å². The molecule has 2 aromatic heterocycles. The van der Waals surface area contributed by atoms with Crippen LogP contribution >= 0.6 is 11.8 Å². The highest BCUT2D eigenvalue weighted by Gasteiger charge is 2.46. The average molecular weight is 560 g/mol. The van der Waals surface area contributed by atoms with Crippen LogP contribution in [-0.4, -0.2) is 39.6 Å². The Hall–Kier alpha value is -2.65. The largest absolute Gasteiger partial charge is 0.348 e. The molecule has 0 saturated heterocycles. The van der Waals surface area contributed by atoms with Gasteiger partial charge in [-0.1, -0.05) is 18.2 Å². The van der Waals surface area contributed by atoms with E-state index in [9.17, 15) is 18.4 Å². The van der Waals surface area contributed by atoms with Crippen molar-refractivity contribution in [3.8, 4) is 0 Å². The Bertz CT molecular complexity index is 1520. The molecule has 9 heteroatoms. The van der Waals surface area contributed by atoms with E-state index in [4.69, 9.17) is 4.11 Å². The monoisotopic (exact) mass is 559 g/mol. The van der Waals surface area contributed by atoms with Gasteiger partial charge in [-0.15, -0.1) is 11.8 Å². The van der Waals surface area contributed by atoms with Crippen LogP contribution in [0.15, 0.2) is 40.0 Å². The summed E-state index contributed by atoms with van der Waals surface area (Å²) in [4.78, 5) is 29.4. The molecule has 3 N–H and O–H groups in total. The molecule has 0 spiro atoms. The number of thioether (sulfide) groups is 1. The molecule has 5 rings (SSSR count). The zero-order valence-electron chi connectivity index (χ0n) is 25.6. The highest BCUT2D eigenvalue weighted by atomic mass is 32.2. The van der Waals surface area contributed by atoms with Gasteiger partial charge < -0.3 is 20.2 Å². The summed E-state index contributed by atoms with van der Waals surface area (Å²) in [5.74, 6) is -2.47. The second-order valence-corrected chi connectivity index (χ2v) is 11.9. The van der Waals surface area contributed by atoms with Crippen LogP contribution in [0.1, 0.15) is 82.9 Å². The van der Waals surface area contributed by atoms with Gasteiger partial charge in [0.1, 0.15) is 0 Å². The summed E-state index contributed by atoms with van der Waals surface area (Å²) in [5, 5.41) is 7.12. The van der Waals surface area contributed by atoms with Crippen molar-refractivity contribution in [2.45, 2.75) is 94.8 Å². The van der Waals surface area contributed by atoms with E-state index >= 15 is 0 Å². The zero-order valence-corrected chi connectivity index (χ0v) is 23.4. The summed E-state index contributed by atoms with van der Waals surface area (Å²) in [5.41, 5.74) is 2.65. The second-order valence-electron chi connectivity index (χ2n) is 11.2. The molecule has 2 aliphatic rings. The first-order chi connectivity index (χ1) is 19.7. The molecule has 1 amide bonds. The normalized spacial score (nSPS) is 23.5. The fraction of sp³-hybridized carbons (Fsp3) is 0.533. The van der Waals surface area contributed by atoms with Gasteiger partial charge in [-0.2, -0.15) is 0 Å². The van der Waals surface area contributed by atoms with Crippen LogP contribution in [0.5, 0.6) is 0 Å². The van der Waals surface area contributed by atoms with E-state index in [1.165, 1.54) is 0 Å². The van der Waals surface area contributed by atoms with E-state index in [2.05, 4.69) is 27.1 Å². The summed E-state index contributed by atoms with van der Waals surface area (Å²) in [6.45, 7) is 5.69. The molecule has 1 unspecified atom stereocenters. The molecule has 3 aromatic rings. The molecule has 6 nitrogen and oxygen atoms in total. The van der Waals surface area contributed by atoms with Crippen LogP contribution in [0.25, 0.3) is 10.9 Å². The number of carbonyl (C=O) groups is 1. The number of H-pyrrole nitrogens is 1. The van der Waals surface area contributed by atoms with Gasteiger partial charge in [0.2, 0.25) is 0 Å². The van der Waals surface area contributed by atoms with Crippen LogP contribution in [0, 0.1) is 19.8 Å². The van der Waals surface area contributed by atoms with E-state index in [-0.39, 0.29) is 49.0 Å². The lowest BCUT2D eigenvalue weighted by Gasteiger charge is -2.41. The minimum atomic E-state index is -2.52. The van der Waals surface area contributed by atoms with Crippen molar-refractivity contribution >= 4 is 28.6 Å². The van der Waals surface area contributed by atoms with Crippen molar-refractivity contribution in [3.05, 3.63) is 63.2 Å². The Morgan fingerprint density at radius 3 is 2.62 bits per heavy atom. The van der Waals surface area contributed by atoms with Crippen molar-refractivity contribution in [2.24, 2.45) is 5.92 Å². The Morgan fingerprint density at radius 1 is 1.21 bits per heavy atom. The lowest BCUT2D eigenvalue weighted by atomic mass is 9.80. The maximum atomic E-state index is 13.6. The third-order valence-electron chi connectivity index (χ3n) is 8.57. The fourth-order valence-electron chi connectivity index (χ4n) is 6.50. The SMILES string of the molecule is [2H]C([2H])([2H])Sc1cc(C)[nH]c(=O)c1CNC(=O)c1c(C)n(C(C)C2CCC(NC3CC(F)(F)C3)CC2)c2ccccc12. The number of hydrogen-bond acceptors (Lipinski definition) is 4. The number of rotatable bonds is 8. The number of para-hydroxylation sites is 1. The van der Waals surface area contributed by atoms with Crippen molar-refractivity contribution < 1.29 is 17.7 Å². The van der Waals surface area contributed by atoms with Gasteiger partial charge in [-0.25, -0.2) is 8.78 Å². The highest BCUT2D eigenvalue weighted by Crippen LogP contribution is 2.41. The first kappa shape index (κ1) is 24.2. The number of hydrogen-bond donors (Lipinski definition) is 3. The van der Waals surface area contributed by atoms with Gasteiger partial charge in [0.25, 0.3) is 17.4 Å². The number of benzene rings is 1. The number of halogens is 2. The fourth-order valence-corrected chi connectivity index (χ4v) is 7.02. The summed E-state index contributed by atoms with van der Waals surface area (Å²) in [6, 6.07) is 9.68. The third kappa shape index (κ3) is 5.66. The minimum absolute atomic E-state index is 0.0688. The number of amides is 1. The lowest BCUT2D eigenvalue weighted by Crippen LogP contribution is -2.52. The molecular formula is C30H38F2N4O2S. The highest BCUT2D eigenvalue weighted by molar-refractivity contribution is 7.98. The Kier molecular flexibility index (Phi) is 6.87. The van der Waals surface area contributed by atoms with Crippen LogP contribution in [0.3, 0.4) is 0 Å². The van der Waals surface area contributed by atoms with Gasteiger partial charge in [0.15, 0.2) is 0 Å². The number of nitrogens with zero attached hydrogens (tertiary/aromatic N) is 1. The Morgan fingerprint density at radius 2 is 1.92 bits per heavy atom. The molecule has 2 saturated carbocycles.